The van der Waals surface area contributed by atoms with Crippen molar-refractivity contribution in [3.63, 3.8) is 0 Å². The summed E-state index contributed by atoms with van der Waals surface area (Å²) < 4.78 is 16.1. The molecule has 0 spiro atoms. The molecule has 3 rings (SSSR count). The first kappa shape index (κ1) is 23.8. The van der Waals surface area contributed by atoms with Crippen molar-refractivity contribution < 1.29 is 28.9 Å². The SMILES string of the molecule is COc1cccc(OC)c1-c1ccc2cc(C[C@H](NC(=O)OC(C)(C)C)C(=O)O)ccc2n1. The molecular formula is C25H28N2O6. The Hall–Kier alpha value is -3.81. The molecule has 33 heavy (non-hydrogen) atoms. The molecule has 0 aliphatic rings. The number of aliphatic carboxylic acids is 1. The minimum absolute atomic E-state index is 0.104. The summed E-state index contributed by atoms with van der Waals surface area (Å²) in [6.07, 6.45) is -0.667. The van der Waals surface area contributed by atoms with Crippen LogP contribution in [-0.4, -0.2) is 48.0 Å². The van der Waals surface area contributed by atoms with Gasteiger partial charge in [0.05, 0.1) is 31.0 Å². The van der Waals surface area contributed by atoms with Crippen molar-refractivity contribution in [2.45, 2.75) is 38.8 Å². The maximum absolute atomic E-state index is 12.0. The van der Waals surface area contributed by atoms with Crippen molar-refractivity contribution >= 4 is 23.0 Å². The molecule has 2 aromatic carbocycles. The fourth-order valence-electron chi connectivity index (χ4n) is 3.43. The van der Waals surface area contributed by atoms with Crippen LogP contribution in [0.4, 0.5) is 4.79 Å². The van der Waals surface area contributed by atoms with Crippen LogP contribution < -0.4 is 14.8 Å². The number of ether oxygens (including phenoxy) is 3. The van der Waals surface area contributed by atoms with E-state index in [1.807, 2.05) is 42.5 Å². The molecule has 0 bridgehead atoms. The van der Waals surface area contributed by atoms with Gasteiger partial charge in [0.1, 0.15) is 23.1 Å². The van der Waals surface area contributed by atoms with Gasteiger partial charge >= 0.3 is 12.1 Å². The van der Waals surface area contributed by atoms with Gasteiger partial charge < -0.3 is 24.6 Å². The third-order valence-corrected chi connectivity index (χ3v) is 4.87. The predicted octanol–water partition coefficient (Wildman–Crippen LogP) is 4.44. The van der Waals surface area contributed by atoms with Gasteiger partial charge in [0.15, 0.2) is 0 Å². The molecule has 0 saturated heterocycles. The van der Waals surface area contributed by atoms with Crippen molar-refractivity contribution in [3.05, 3.63) is 54.1 Å². The minimum Gasteiger partial charge on any atom is -0.496 e. The van der Waals surface area contributed by atoms with Crippen molar-refractivity contribution in [2.24, 2.45) is 0 Å². The fourth-order valence-corrected chi connectivity index (χ4v) is 3.43. The maximum Gasteiger partial charge on any atom is 0.408 e. The molecule has 2 N–H and O–H groups in total. The minimum atomic E-state index is -1.14. The van der Waals surface area contributed by atoms with E-state index < -0.39 is 23.7 Å². The zero-order valence-corrected chi connectivity index (χ0v) is 19.3. The van der Waals surface area contributed by atoms with Crippen LogP contribution in [0.5, 0.6) is 11.5 Å². The van der Waals surface area contributed by atoms with Crippen LogP contribution in [-0.2, 0) is 16.0 Å². The van der Waals surface area contributed by atoms with Crippen LogP contribution in [0.25, 0.3) is 22.2 Å². The standard InChI is InChI=1S/C25H28N2O6/c1-25(2,3)33-24(30)27-19(23(28)29)14-15-9-11-17-16(13-15)10-12-18(26-17)22-20(31-4)7-6-8-21(22)32-5/h6-13,19H,14H2,1-5H3,(H,27,30)(H,28,29)/t19-/m0/s1. The van der Waals surface area contributed by atoms with E-state index in [1.165, 1.54) is 0 Å². The largest absolute Gasteiger partial charge is 0.496 e. The highest BCUT2D eigenvalue weighted by molar-refractivity contribution is 5.85. The highest BCUT2D eigenvalue weighted by Gasteiger charge is 2.24. The van der Waals surface area contributed by atoms with Crippen LogP contribution >= 0.6 is 0 Å². The third-order valence-electron chi connectivity index (χ3n) is 4.87. The van der Waals surface area contributed by atoms with Gasteiger partial charge in [-0.25, -0.2) is 14.6 Å². The summed E-state index contributed by atoms with van der Waals surface area (Å²) in [6, 6.07) is 13.7. The Morgan fingerprint density at radius 3 is 2.27 bits per heavy atom. The monoisotopic (exact) mass is 452 g/mol. The molecule has 0 saturated carbocycles. The van der Waals surface area contributed by atoms with Gasteiger partial charge in [-0.1, -0.05) is 18.2 Å². The number of carbonyl (C=O) groups is 2. The second kappa shape index (κ2) is 9.77. The zero-order valence-electron chi connectivity index (χ0n) is 19.3. The lowest BCUT2D eigenvalue weighted by atomic mass is 10.0. The Balaban J connectivity index is 1.87. The van der Waals surface area contributed by atoms with E-state index in [2.05, 4.69) is 5.32 Å². The topological polar surface area (TPSA) is 107 Å². The van der Waals surface area contributed by atoms with Crippen LogP contribution in [0.2, 0.25) is 0 Å². The third kappa shape index (κ3) is 5.91. The number of nitrogens with zero attached hydrogens (tertiary/aromatic N) is 1. The number of carbonyl (C=O) groups excluding carboxylic acids is 1. The van der Waals surface area contributed by atoms with Crippen molar-refractivity contribution in [2.75, 3.05) is 14.2 Å². The van der Waals surface area contributed by atoms with Crippen LogP contribution in [0.3, 0.4) is 0 Å². The number of carboxylic acids is 1. The highest BCUT2D eigenvalue weighted by Crippen LogP contribution is 2.37. The van der Waals surface area contributed by atoms with Gasteiger partial charge in [-0.05, 0) is 56.7 Å². The van der Waals surface area contributed by atoms with Gasteiger partial charge in [-0.3, -0.25) is 0 Å². The first-order valence-electron chi connectivity index (χ1n) is 10.4. The van der Waals surface area contributed by atoms with Gasteiger partial charge in [-0.2, -0.15) is 0 Å². The van der Waals surface area contributed by atoms with Gasteiger partial charge in [-0.15, -0.1) is 0 Å². The number of benzene rings is 2. The molecule has 0 fully saturated rings. The molecule has 1 aromatic heterocycles. The number of carboxylic acid groups (broad SMARTS) is 1. The molecule has 1 heterocycles. The van der Waals surface area contributed by atoms with Gasteiger partial charge in [0.2, 0.25) is 0 Å². The fraction of sp³-hybridized carbons (Fsp3) is 0.320. The molecule has 8 heteroatoms. The van der Waals surface area contributed by atoms with E-state index in [0.717, 1.165) is 22.0 Å². The molecule has 0 unspecified atom stereocenters. The highest BCUT2D eigenvalue weighted by atomic mass is 16.6. The number of amides is 1. The Labute approximate surface area is 192 Å². The first-order chi connectivity index (χ1) is 15.6. The summed E-state index contributed by atoms with van der Waals surface area (Å²) in [6.45, 7) is 5.15. The van der Waals surface area contributed by atoms with E-state index in [9.17, 15) is 14.7 Å². The number of fused-ring (bicyclic) bond motifs is 1. The van der Waals surface area contributed by atoms with Gasteiger partial charge in [0.25, 0.3) is 0 Å². The summed E-state index contributed by atoms with van der Waals surface area (Å²) in [5.74, 6) is 0.156. The lowest BCUT2D eigenvalue weighted by molar-refractivity contribution is -0.139. The summed E-state index contributed by atoms with van der Waals surface area (Å²) >= 11 is 0. The first-order valence-corrected chi connectivity index (χ1v) is 10.4. The summed E-state index contributed by atoms with van der Waals surface area (Å²) in [5.41, 5.74) is 2.20. The second-order valence-corrected chi connectivity index (χ2v) is 8.50. The summed E-state index contributed by atoms with van der Waals surface area (Å²) in [5, 5.41) is 12.8. The predicted molar refractivity (Wildman–Crippen MR) is 125 cm³/mol. The van der Waals surface area contributed by atoms with E-state index in [4.69, 9.17) is 19.2 Å². The number of rotatable bonds is 7. The number of hydrogen-bond acceptors (Lipinski definition) is 6. The molecule has 0 aliphatic heterocycles. The Morgan fingerprint density at radius 1 is 1.03 bits per heavy atom. The van der Waals surface area contributed by atoms with Crippen LogP contribution in [0.1, 0.15) is 26.3 Å². The Kier molecular flexibility index (Phi) is 7.06. The lowest BCUT2D eigenvalue weighted by Crippen LogP contribution is -2.44. The normalized spacial score (nSPS) is 12.2. The molecule has 1 amide bonds. The molecule has 174 valence electrons. The van der Waals surface area contributed by atoms with E-state index in [0.29, 0.717) is 17.2 Å². The maximum atomic E-state index is 12.0. The average Bonchev–Trinajstić information content (AvgIpc) is 2.76. The number of hydrogen-bond donors (Lipinski definition) is 2. The molecule has 3 aromatic rings. The number of alkyl carbamates (subject to hydrolysis) is 1. The van der Waals surface area contributed by atoms with Crippen LogP contribution in [0.15, 0.2) is 48.5 Å². The van der Waals surface area contributed by atoms with Crippen molar-refractivity contribution in [1.29, 1.82) is 0 Å². The Morgan fingerprint density at radius 2 is 1.70 bits per heavy atom. The molecule has 0 radical (unpaired) electrons. The molecule has 1 atom stereocenters. The number of pyridine rings is 1. The lowest BCUT2D eigenvalue weighted by Gasteiger charge is -2.22. The van der Waals surface area contributed by atoms with E-state index in [1.54, 1.807) is 41.1 Å². The quantitative estimate of drug-likeness (QED) is 0.546. The molecule has 0 aliphatic carbocycles. The number of nitrogens with one attached hydrogen (secondary N) is 1. The van der Waals surface area contributed by atoms with Crippen molar-refractivity contribution in [3.8, 4) is 22.8 Å². The molecule has 8 nitrogen and oxygen atoms in total. The second-order valence-electron chi connectivity index (χ2n) is 8.50. The number of aromatic nitrogens is 1. The Bertz CT molecular complexity index is 1150. The smallest absolute Gasteiger partial charge is 0.408 e. The van der Waals surface area contributed by atoms with E-state index in [-0.39, 0.29) is 6.42 Å². The number of methoxy groups -OCH3 is 2. The average molecular weight is 453 g/mol. The zero-order chi connectivity index (χ0) is 24.2. The summed E-state index contributed by atoms with van der Waals surface area (Å²) in [4.78, 5) is 28.5. The van der Waals surface area contributed by atoms with E-state index >= 15 is 0 Å². The van der Waals surface area contributed by atoms with Gasteiger partial charge in [0, 0.05) is 11.8 Å². The van der Waals surface area contributed by atoms with Crippen molar-refractivity contribution in [1.82, 2.24) is 10.3 Å². The molecular weight excluding hydrogens is 424 g/mol. The summed E-state index contributed by atoms with van der Waals surface area (Å²) in [7, 11) is 3.19. The van der Waals surface area contributed by atoms with Crippen LogP contribution in [0, 0.1) is 0 Å².